The van der Waals surface area contributed by atoms with E-state index in [4.69, 9.17) is 0 Å². The highest BCUT2D eigenvalue weighted by Crippen LogP contribution is 2.17. The molecule has 0 unspecified atom stereocenters. The predicted molar refractivity (Wildman–Crippen MR) is 110 cm³/mol. The summed E-state index contributed by atoms with van der Waals surface area (Å²) < 4.78 is 2.33. The van der Waals surface area contributed by atoms with Gasteiger partial charge in [-0.3, -0.25) is 14.6 Å². The van der Waals surface area contributed by atoms with Gasteiger partial charge >= 0.3 is 0 Å². The number of amides is 1. The molecular weight excluding hydrogens is 372 g/mol. The largest absolute Gasteiger partial charge is 0.350 e. The van der Waals surface area contributed by atoms with E-state index in [2.05, 4.69) is 35.9 Å². The summed E-state index contributed by atoms with van der Waals surface area (Å²) in [7, 11) is 0. The Morgan fingerprint density at radius 1 is 1.18 bits per heavy atom. The van der Waals surface area contributed by atoms with Gasteiger partial charge in [-0.25, -0.2) is 0 Å². The van der Waals surface area contributed by atoms with Gasteiger partial charge in [0.05, 0.1) is 19.1 Å². The third-order valence-corrected chi connectivity index (χ3v) is 6.78. The fraction of sp³-hybridized carbons (Fsp3) is 0.650. The summed E-state index contributed by atoms with van der Waals surface area (Å²) in [6, 6.07) is 3.98. The zero-order chi connectivity index (χ0) is 19.3. The summed E-state index contributed by atoms with van der Waals surface area (Å²) in [5, 5.41) is 14.0. The predicted octanol–water partition coefficient (Wildman–Crippen LogP) is 1.89. The van der Waals surface area contributed by atoms with Gasteiger partial charge in [-0.2, -0.15) is 0 Å². The van der Waals surface area contributed by atoms with E-state index >= 15 is 0 Å². The first kappa shape index (κ1) is 19.5. The van der Waals surface area contributed by atoms with E-state index in [1.165, 1.54) is 24.1 Å². The molecule has 7 nitrogen and oxygen atoms in total. The van der Waals surface area contributed by atoms with Crippen molar-refractivity contribution in [1.29, 1.82) is 0 Å². The molecule has 152 valence electrons. The standard InChI is InChI=1S/C20H30N6OS/c1-16(20(27)21-14-17-6-5-13-28-17)25-11-9-24(10-12-25)15-19-23-22-18-7-3-2-4-8-26(18)19/h5-6,13,16H,2-4,7-12,14-15H2,1H3,(H,21,27)/t16-/m0/s1. The van der Waals surface area contributed by atoms with Crippen molar-refractivity contribution in [2.45, 2.75) is 58.3 Å². The maximum Gasteiger partial charge on any atom is 0.237 e. The van der Waals surface area contributed by atoms with Crippen LogP contribution in [0.15, 0.2) is 17.5 Å². The van der Waals surface area contributed by atoms with E-state index in [0.717, 1.165) is 57.3 Å². The second-order valence-corrected chi connectivity index (χ2v) is 8.81. The molecular formula is C20H30N6OS. The highest BCUT2D eigenvalue weighted by atomic mass is 32.1. The van der Waals surface area contributed by atoms with Crippen molar-refractivity contribution in [3.63, 3.8) is 0 Å². The van der Waals surface area contributed by atoms with Gasteiger partial charge < -0.3 is 9.88 Å². The van der Waals surface area contributed by atoms with Gasteiger partial charge in [-0.15, -0.1) is 21.5 Å². The molecule has 2 aliphatic heterocycles. The number of aromatic nitrogens is 3. The molecule has 0 saturated carbocycles. The van der Waals surface area contributed by atoms with Gasteiger partial charge in [0, 0.05) is 44.0 Å². The van der Waals surface area contributed by atoms with E-state index < -0.39 is 0 Å². The molecule has 0 aliphatic carbocycles. The van der Waals surface area contributed by atoms with Crippen LogP contribution in [0.5, 0.6) is 0 Å². The Morgan fingerprint density at radius 3 is 2.82 bits per heavy atom. The summed E-state index contributed by atoms with van der Waals surface area (Å²) in [5.41, 5.74) is 0. The summed E-state index contributed by atoms with van der Waals surface area (Å²) in [6.45, 7) is 8.30. The van der Waals surface area contributed by atoms with Crippen LogP contribution in [0.4, 0.5) is 0 Å². The van der Waals surface area contributed by atoms with Crippen LogP contribution < -0.4 is 5.32 Å². The molecule has 2 aromatic heterocycles. The molecule has 4 heterocycles. The number of piperazine rings is 1. The van der Waals surface area contributed by atoms with Gasteiger partial charge in [-0.1, -0.05) is 12.5 Å². The first-order valence-corrected chi connectivity index (χ1v) is 11.3. The van der Waals surface area contributed by atoms with Crippen LogP contribution in [-0.4, -0.2) is 62.7 Å². The van der Waals surface area contributed by atoms with Crippen LogP contribution in [0, 0.1) is 0 Å². The highest BCUT2D eigenvalue weighted by molar-refractivity contribution is 7.09. The van der Waals surface area contributed by atoms with Crippen LogP contribution >= 0.6 is 11.3 Å². The molecule has 2 aromatic rings. The normalized spacial score (nSPS) is 19.8. The summed E-state index contributed by atoms with van der Waals surface area (Å²) >= 11 is 1.68. The Kier molecular flexibility index (Phi) is 6.39. The lowest BCUT2D eigenvalue weighted by atomic mass is 10.2. The van der Waals surface area contributed by atoms with Crippen LogP contribution in [0.25, 0.3) is 0 Å². The quantitative estimate of drug-likeness (QED) is 0.799. The molecule has 1 saturated heterocycles. The number of carbonyl (C=O) groups is 1. The number of carbonyl (C=O) groups excluding carboxylic acids is 1. The smallest absolute Gasteiger partial charge is 0.237 e. The summed E-state index contributed by atoms with van der Waals surface area (Å²) in [6.07, 6.45) is 4.79. The lowest BCUT2D eigenvalue weighted by Gasteiger charge is -2.37. The van der Waals surface area contributed by atoms with Crippen molar-refractivity contribution < 1.29 is 4.79 Å². The minimum atomic E-state index is -0.0912. The molecule has 1 atom stereocenters. The lowest BCUT2D eigenvalue weighted by molar-refractivity contribution is -0.126. The fourth-order valence-electron chi connectivity index (χ4n) is 4.07. The first-order chi connectivity index (χ1) is 13.7. The average molecular weight is 403 g/mol. The second kappa shape index (κ2) is 9.15. The van der Waals surface area contributed by atoms with Crippen LogP contribution in [-0.2, 0) is 30.8 Å². The summed E-state index contributed by atoms with van der Waals surface area (Å²) in [5.74, 6) is 2.37. The van der Waals surface area contributed by atoms with E-state index in [-0.39, 0.29) is 11.9 Å². The van der Waals surface area contributed by atoms with Gasteiger partial charge in [0.1, 0.15) is 11.6 Å². The van der Waals surface area contributed by atoms with Crippen LogP contribution in [0.2, 0.25) is 0 Å². The Hall–Kier alpha value is -1.77. The van der Waals surface area contributed by atoms with Crippen molar-refractivity contribution in [2.24, 2.45) is 0 Å². The van der Waals surface area contributed by atoms with Crippen LogP contribution in [0.3, 0.4) is 0 Å². The Balaban J connectivity index is 1.25. The van der Waals surface area contributed by atoms with Crippen molar-refractivity contribution >= 4 is 17.2 Å². The number of hydrogen-bond acceptors (Lipinski definition) is 6. The minimum Gasteiger partial charge on any atom is -0.350 e. The molecule has 0 bridgehead atoms. The number of thiophene rings is 1. The molecule has 4 rings (SSSR count). The zero-order valence-corrected chi connectivity index (χ0v) is 17.5. The number of rotatable bonds is 6. The van der Waals surface area contributed by atoms with Gasteiger partial charge in [0.25, 0.3) is 0 Å². The van der Waals surface area contributed by atoms with E-state index in [1.54, 1.807) is 11.3 Å². The third-order valence-electron chi connectivity index (χ3n) is 5.90. The monoisotopic (exact) mass is 402 g/mol. The van der Waals surface area contributed by atoms with Crippen molar-refractivity contribution in [3.8, 4) is 0 Å². The van der Waals surface area contributed by atoms with Crippen molar-refractivity contribution in [3.05, 3.63) is 34.0 Å². The lowest BCUT2D eigenvalue weighted by Crippen LogP contribution is -2.53. The van der Waals surface area contributed by atoms with Gasteiger partial charge in [0.2, 0.25) is 5.91 Å². The average Bonchev–Trinajstić information content (AvgIpc) is 3.31. The first-order valence-electron chi connectivity index (χ1n) is 10.4. The second-order valence-electron chi connectivity index (χ2n) is 7.78. The van der Waals surface area contributed by atoms with E-state index in [1.807, 2.05) is 18.4 Å². The van der Waals surface area contributed by atoms with Crippen LogP contribution in [0.1, 0.15) is 42.7 Å². The fourth-order valence-corrected chi connectivity index (χ4v) is 4.72. The molecule has 8 heteroatoms. The van der Waals surface area contributed by atoms with Gasteiger partial charge in [0.15, 0.2) is 0 Å². The molecule has 1 fully saturated rings. The molecule has 28 heavy (non-hydrogen) atoms. The number of aryl methyl sites for hydroxylation is 1. The van der Waals surface area contributed by atoms with Crippen molar-refractivity contribution in [1.82, 2.24) is 29.9 Å². The maximum absolute atomic E-state index is 12.5. The number of nitrogens with one attached hydrogen (secondary N) is 1. The molecule has 2 aliphatic rings. The van der Waals surface area contributed by atoms with E-state index in [0.29, 0.717) is 6.54 Å². The number of nitrogens with zero attached hydrogens (tertiary/aromatic N) is 5. The Bertz CT molecular complexity index is 766. The third kappa shape index (κ3) is 4.61. The highest BCUT2D eigenvalue weighted by Gasteiger charge is 2.26. The van der Waals surface area contributed by atoms with Crippen molar-refractivity contribution in [2.75, 3.05) is 26.2 Å². The topological polar surface area (TPSA) is 66.3 Å². The molecule has 0 radical (unpaired) electrons. The molecule has 0 spiro atoms. The van der Waals surface area contributed by atoms with Gasteiger partial charge in [-0.05, 0) is 31.2 Å². The minimum absolute atomic E-state index is 0.0912. The SMILES string of the molecule is C[C@@H](C(=O)NCc1cccs1)N1CCN(Cc2nnc3n2CCCCC3)CC1. The Morgan fingerprint density at radius 2 is 2.04 bits per heavy atom. The zero-order valence-electron chi connectivity index (χ0n) is 16.6. The molecule has 1 amide bonds. The Labute approximate surface area is 170 Å². The maximum atomic E-state index is 12.5. The summed E-state index contributed by atoms with van der Waals surface area (Å²) in [4.78, 5) is 18.4. The molecule has 1 N–H and O–H groups in total. The number of hydrogen-bond donors (Lipinski definition) is 1. The number of fused-ring (bicyclic) bond motifs is 1. The molecule has 0 aromatic carbocycles. The van der Waals surface area contributed by atoms with E-state index in [9.17, 15) is 4.79 Å².